The predicted octanol–water partition coefficient (Wildman–Crippen LogP) is 1.02. The fraction of sp³-hybridized carbons (Fsp3) is 0.917. The van der Waals surface area contributed by atoms with Gasteiger partial charge in [-0.15, -0.1) is 0 Å². The molecule has 2 aliphatic rings. The van der Waals surface area contributed by atoms with Crippen LogP contribution in [0.1, 0.15) is 45.4 Å². The molecular formula is C12H23N3O. The van der Waals surface area contributed by atoms with Crippen LogP contribution in [0.5, 0.6) is 0 Å². The van der Waals surface area contributed by atoms with Crippen LogP contribution in [-0.4, -0.2) is 29.4 Å². The fourth-order valence-electron chi connectivity index (χ4n) is 2.35. The van der Waals surface area contributed by atoms with Crippen LogP contribution in [0.4, 0.5) is 0 Å². The van der Waals surface area contributed by atoms with E-state index in [-0.39, 0.29) is 11.9 Å². The molecule has 16 heavy (non-hydrogen) atoms. The highest BCUT2D eigenvalue weighted by Gasteiger charge is 2.39. The van der Waals surface area contributed by atoms with Gasteiger partial charge in [0.15, 0.2) is 0 Å². The Kier molecular flexibility index (Phi) is 3.82. The number of amides is 1. The van der Waals surface area contributed by atoms with Gasteiger partial charge in [0.2, 0.25) is 0 Å². The highest BCUT2D eigenvalue weighted by atomic mass is 16.2. The first-order chi connectivity index (χ1) is 7.76. The first kappa shape index (κ1) is 11.9. The van der Waals surface area contributed by atoms with Crippen molar-refractivity contribution in [3.63, 3.8) is 0 Å². The van der Waals surface area contributed by atoms with Gasteiger partial charge in [0.25, 0.3) is 5.91 Å². The van der Waals surface area contributed by atoms with Crippen LogP contribution in [0, 0.1) is 5.92 Å². The topological polar surface area (TPSA) is 58.4 Å². The SMILES string of the molecule is CCCC(C(=O)NN)N(CC1CC1)C1CC1. The number of carbonyl (C=O) groups excluding carboxylic acids is 1. The van der Waals surface area contributed by atoms with E-state index < -0.39 is 0 Å². The Hall–Kier alpha value is -0.610. The highest BCUT2D eigenvalue weighted by Crippen LogP contribution is 2.36. The molecule has 0 spiro atoms. The molecule has 2 fully saturated rings. The molecule has 3 N–H and O–H groups in total. The monoisotopic (exact) mass is 225 g/mol. The average Bonchev–Trinajstić information content (AvgIpc) is 3.15. The lowest BCUT2D eigenvalue weighted by atomic mass is 10.1. The number of nitrogens with two attached hydrogens (primary N) is 1. The van der Waals surface area contributed by atoms with Crippen molar-refractivity contribution in [2.45, 2.75) is 57.5 Å². The Labute approximate surface area is 97.5 Å². The Balaban J connectivity index is 1.97. The third kappa shape index (κ3) is 2.95. The van der Waals surface area contributed by atoms with E-state index in [1.165, 1.54) is 25.7 Å². The Morgan fingerprint density at radius 1 is 1.44 bits per heavy atom. The van der Waals surface area contributed by atoms with Crippen molar-refractivity contribution in [2.75, 3.05) is 6.54 Å². The molecule has 2 aliphatic carbocycles. The maximum absolute atomic E-state index is 11.8. The van der Waals surface area contributed by atoms with Gasteiger partial charge < -0.3 is 0 Å². The van der Waals surface area contributed by atoms with Crippen molar-refractivity contribution in [3.8, 4) is 0 Å². The van der Waals surface area contributed by atoms with Crippen LogP contribution in [-0.2, 0) is 4.79 Å². The van der Waals surface area contributed by atoms with E-state index in [1.54, 1.807) is 0 Å². The summed E-state index contributed by atoms with van der Waals surface area (Å²) in [6, 6.07) is 0.651. The standard InChI is InChI=1S/C12H23N3O/c1-2-3-11(12(16)14-13)15(10-6-7-10)8-9-4-5-9/h9-11H,2-8,13H2,1H3,(H,14,16). The molecule has 4 heteroatoms. The Morgan fingerprint density at radius 2 is 2.12 bits per heavy atom. The summed E-state index contributed by atoms with van der Waals surface area (Å²) in [6.45, 7) is 3.22. The van der Waals surface area contributed by atoms with Crippen molar-refractivity contribution in [1.29, 1.82) is 0 Å². The van der Waals surface area contributed by atoms with E-state index in [2.05, 4.69) is 17.2 Å². The summed E-state index contributed by atoms with van der Waals surface area (Å²) in [5.41, 5.74) is 2.33. The maximum atomic E-state index is 11.8. The number of rotatable bonds is 7. The van der Waals surface area contributed by atoms with E-state index >= 15 is 0 Å². The lowest BCUT2D eigenvalue weighted by molar-refractivity contribution is -0.127. The van der Waals surface area contributed by atoms with Gasteiger partial charge >= 0.3 is 0 Å². The second-order valence-electron chi connectivity index (χ2n) is 5.18. The Morgan fingerprint density at radius 3 is 2.56 bits per heavy atom. The summed E-state index contributed by atoms with van der Waals surface area (Å²) < 4.78 is 0. The zero-order valence-corrected chi connectivity index (χ0v) is 10.1. The predicted molar refractivity (Wildman–Crippen MR) is 63.5 cm³/mol. The van der Waals surface area contributed by atoms with Crippen molar-refractivity contribution < 1.29 is 4.79 Å². The van der Waals surface area contributed by atoms with E-state index in [1.807, 2.05) is 0 Å². The average molecular weight is 225 g/mol. The van der Waals surface area contributed by atoms with Gasteiger partial charge in [-0.25, -0.2) is 5.84 Å². The molecule has 0 bridgehead atoms. The van der Waals surface area contributed by atoms with Crippen molar-refractivity contribution >= 4 is 5.91 Å². The normalized spacial score (nSPS) is 22.2. The van der Waals surface area contributed by atoms with Crippen LogP contribution < -0.4 is 11.3 Å². The maximum Gasteiger partial charge on any atom is 0.251 e. The fourth-order valence-corrected chi connectivity index (χ4v) is 2.35. The molecule has 0 heterocycles. The minimum Gasteiger partial charge on any atom is -0.293 e. The number of hydrogen-bond acceptors (Lipinski definition) is 3. The number of nitrogens with one attached hydrogen (secondary N) is 1. The second kappa shape index (κ2) is 5.15. The summed E-state index contributed by atoms with van der Waals surface area (Å²) >= 11 is 0. The van der Waals surface area contributed by atoms with Crippen molar-refractivity contribution in [3.05, 3.63) is 0 Å². The molecule has 0 aromatic carbocycles. The molecule has 1 amide bonds. The first-order valence-corrected chi connectivity index (χ1v) is 6.52. The zero-order valence-electron chi connectivity index (χ0n) is 10.1. The minimum atomic E-state index is -0.00519. The molecular weight excluding hydrogens is 202 g/mol. The largest absolute Gasteiger partial charge is 0.293 e. The minimum absolute atomic E-state index is 0.00287. The van der Waals surface area contributed by atoms with Crippen LogP contribution in [0.15, 0.2) is 0 Å². The van der Waals surface area contributed by atoms with Gasteiger partial charge in [0, 0.05) is 12.6 Å². The Bertz CT molecular complexity index is 249. The molecule has 0 saturated heterocycles. The molecule has 2 rings (SSSR count). The molecule has 0 aromatic rings. The van der Waals surface area contributed by atoms with Crippen molar-refractivity contribution in [2.24, 2.45) is 11.8 Å². The molecule has 2 saturated carbocycles. The second-order valence-corrected chi connectivity index (χ2v) is 5.18. The van der Waals surface area contributed by atoms with Gasteiger partial charge in [-0.1, -0.05) is 13.3 Å². The van der Waals surface area contributed by atoms with Crippen LogP contribution in [0.25, 0.3) is 0 Å². The summed E-state index contributed by atoms with van der Waals surface area (Å²) in [5.74, 6) is 6.12. The molecule has 1 unspecified atom stereocenters. The number of nitrogens with zero attached hydrogens (tertiary/aromatic N) is 1. The lowest BCUT2D eigenvalue weighted by Gasteiger charge is -2.30. The third-order valence-electron chi connectivity index (χ3n) is 3.59. The van der Waals surface area contributed by atoms with E-state index in [4.69, 9.17) is 5.84 Å². The summed E-state index contributed by atoms with van der Waals surface area (Å²) in [5, 5.41) is 0. The summed E-state index contributed by atoms with van der Waals surface area (Å²) in [4.78, 5) is 14.2. The molecule has 1 atom stereocenters. The smallest absolute Gasteiger partial charge is 0.251 e. The third-order valence-corrected chi connectivity index (χ3v) is 3.59. The lowest BCUT2D eigenvalue weighted by Crippen LogP contribution is -2.50. The van der Waals surface area contributed by atoms with Gasteiger partial charge in [-0.3, -0.25) is 15.1 Å². The zero-order chi connectivity index (χ0) is 11.5. The molecule has 0 aromatic heterocycles. The van der Waals surface area contributed by atoms with E-state index in [0.717, 1.165) is 25.3 Å². The molecule has 4 nitrogen and oxygen atoms in total. The van der Waals surface area contributed by atoms with E-state index in [9.17, 15) is 4.79 Å². The van der Waals surface area contributed by atoms with Gasteiger partial charge in [-0.2, -0.15) is 0 Å². The van der Waals surface area contributed by atoms with Crippen LogP contribution in [0.3, 0.4) is 0 Å². The molecule has 0 aliphatic heterocycles. The first-order valence-electron chi connectivity index (χ1n) is 6.52. The number of hydrogen-bond donors (Lipinski definition) is 2. The number of hydrazine groups is 1. The van der Waals surface area contributed by atoms with Crippen LogP contribution >= 0.6 is 0 Å². The highest BCUT2D eigenvalue weighted by molar-refractivity contribution is 5.81. The number of carbonyl (C=O) groups is 1. The van der Waals surface area contributed by atoms with Gasteiger partial charge in [-0.05, 0) is 38.0 Å². The summed E-state index contributed by atoms with van der Waals surface area (Å²) in [7, 11) is 0. The van der Waals surface area contributed by atoms with E-state index in [0.29, 0.717) is 6.04 Å². The molecule has 0 radical (unpaired) electrons. The summed E-state index contributed by atoms with van der Waals surface area (Å²) in [6.07, 6.45) is 7.15. The van der Waals surface area contributed by atoms with Crippen molar-refractivity contribution in [1.82, 2.24) is 10.3 Å². The quantitative estimate of drug-likeness (QED) is 0.386. The van der Waals surface area contributed by atoms with Gasteiger partial charge in [0.1, 0.15) is 0 Å². The van der Waals surface area contributed by atoms with Crippen LogP contribution in [0.2, 0.25) is 0 Å². The van der Waals surface area contributed by atoms with Gasteiger partial charge in [0.05, 0.1) is 6.04 Å². The molecule has 92 valence electrons.